The summed E-state index contributed by atoms with van der Waals surface area (Å²) in [6, 6.07) is 5.61. The number of halogens is 4. The van der Waals surface area contributed by atoms with Crippen LogP contribution >= 0.6 is 23.2 Å². The van der Waals surface area contributed by atoms with E-state index >= 15 is 0 Å². The molecule has 136 valence electrons. The molecule has 2 bridgehead atoms. The minimum atomic E-state index is -2.82. The smallest absolute Gasteiger partial charge is 0.282 e. The summed E-state index contributed by atoms with van der Waals surface area (Å²) in [6.07, 6.45) is 0.343. The zero-order valence-electron chi connectivity index (χ0n) is 13.8. The molecule has 0 radical (unpaired) electrons. The molecule has 0 spiro atoms. The topological polar surface area (TPSA) is 46.9 Å². The molecule has 1 amide bonds. The van der Waals surface area contributed by atoms with Crippen molar-refractivity contribution in [1.82, 2.24) is 9.78 Å². The van der Waals surface area contributed by atoms with Crippen LogP contribution in [0.4, 0.5) is 14.5 Å². The molecule has 2 aliphatic carbocycles. The first-order valence-electron chi connectivity index (χ1n) is 8.19. The van der Waals surface area contributed by atoms with Gasteiger partial charge in [0.1, 0.15) is 10.2 Å². The van der Waals surface area contributed by atoms with Crippen LogP contribution in [0.2, 0.25) is 0 Å². The number of aromatic nitrogens is 2. The van der Waals surface area contributed by atoms with Crippen LogP contribution in [-0.2, 0) is 7.05 Å². The van der Waals surface area contributed by atoms with Gasteiger partial charge < -0.3 is 5.32 Å². The number of alkyl halides is 2. The molecule has 2 aromatic rings. The van der Waals surface area contributed by atoms with Gasteiger partial charge in [-0.2, -0.15) is 5.10 Å². The van der Waals surface area contributed by atoms with Crippen LogP contribution in [0.5, 0.6) is 0 Å². The molecule has 1 aromatic heterocycles. The predicted octanol–water partition coefficient (Wildman–Crippen LogP) is 5.27. The highest BCUT2D eigenvalue weighted by atomic mass is 35.5. The van der Waals surface area contributed by atoms with Crippen molar-refractivity contribution in [3.05, 3.63) is 56.8 Å². The fourth-order valence-corrected chi connectivity index (χ4v) is 4.72. The molecule has 1 fully saturated rings. The van der Waals surface area contributed by atoms with Crippen LogP contribution in [0.15, 0.2) is 34.5 Å². The molecule has 0 aliphatic heterocycles. The Morgan fingerprint density at radius 3 is 2.73 bits per heavy atom. The first-order chi connectivity index (χ1) is 12.4. The number of allylic oxidation sites excluding steroid dienone is 1. The summed E-state index contributed by atoms with van der Waals surface area (Å²) < 4.78 is 27.7. The number of carbonyl (C=O) groups is 1. The van der Waals surface area contributed by atoms with Crippen molar-refractivity contribution in [3.63, 3.8) is 0 Å². The van der Waals surface area contributed by atoms with E-state index in [4.69, 9.17) is 23.2 Å². The number of carbonyl (C=O) groups excluding carboxylic acids is 1. The number of aryl methyl sites for hydroxylation is 1. The Kier molecular flexibility index (Phi) is 4.28. The maximum Gasteiger partial charge on any atom is 0.282 e. The normalized spacial score (nSPS) is 20.6. The largest absolute Gasteiger partial charge is 0.322 e. The Morgan fingerprint density at radius 1 is 1.31 bits per heavy atom. The van der Waals surface area contributed by atoms with Crippen molar-refractivity contribution < 1.29 is 13.6 Å². The van der Waals surface area contributed by atoms with Crippen LogP contribution in [0.3, 0.4) is 0 Å². The molecule has 2 atom stereocenters. The zero-order chi connectivity index (χ0) is 18.6. The van der Waals surface area contributed by atoms with Crippen molar-refractivity contribution >= 4 is 34.8 Å². The lowest BCUT2D eigenvalue weighted by atomic mass is 9.90. The van der Waals surface area contributed by atoms with E-state index in [1.54, 1.807) is 6.07 Å². The maximum absolute atomic E-state index is 13.1. The minimum absolute atomic E-state index is 0.0555. The van der Waals surface area contributed by atoms with Gasteiger partial charge in [0.15, 0.2) is 0 Å². The van der Waals surface area contributed by atoms with Crippen LogP contribution < -0.4 is 5.32 Å². The van der Waals surface area contributed by atoms with E-state index in [2.05, 4.69) is 10.4 Å². The van der Waals surface area contributed by atoms with Gasteiger partial charge in [0.25, 0.3) is 12.3 Å². The third-order valence-electron chi connectivity index (χ3n) is 5.13. The van der Waals surface area contributed by atoms with E-state index in [0.717, 1.165) is 29.5 Å². The van der Waals surface area contributed by atoms with Crippen LogP contribution in [0.1, 0.15) is 58.3 Å². The number of nitrogens with zero attached hydrogens (tertiary/aromatic N) is 2. The maximum atomic E-state index is 13.1. The second kappa shape index (κ2) is 6.35. The number of rotatable bonds is 3. The molecule has 1 aromatic carbocycles. The van der Waals surface area contributed by atoms with Gasteiger partial charge in [-0.15, -0.1) is 0 Å². The number of hydrogen-bond acceptors (Lipinski definition) is 2. The molecule has 26 heavy (non-hydrogen) atoms. The first kappa shape index (κ1) is 17.5. The first-order valence-corrected chi connectivity index (χ1v) is 8.95. The Labute approximate surface area is 158 Å². The molecule has 2 unspecified atom stereocenters. The highest BCUT2D eigenvalue weighted by Gasteiger charge is 2.44. The van der Waals surface area contributed by atoms with E-state index in [-0.39, 0.29) is 21.9 Å². The Bertz CT molecular complexity index is 935. The number of benzene rings is 1. The van der Waals surface area contributed by atoms with Gasteiger partial charge in [0, 0.05) is 30.8 Å². The van der Waals surface area contributed by atoms with Crippen LogP contribution in [0, 0.1) is 0 Å². The fraction of sp³-hybridized carbons (Fsp3) is 0.333. The quantitative estimate of drug-likeness (QED) is 0.766. The molecule has 4 rings (SSSR count). The van der Waals surface area contributed by atoms with Crippen molar-refractivity contribution in [2.45, 2.75) is 31.1 Å². The lowest BCUT2D eigenvalue weighted by molar-refractivity contribution is 0.101. The monoisotopic (exact) mass is 397 g/mol. The third kappa shape index (κ3) is 2.63. The number of fused-ring (bicyclic) bond motifs is 5. The number of nitrogens with one attached hydrogen (secondary N) is 1. The van der Waals surface area contributed by atoms with Gasteiger partial charge in [0.2, 0.25) is 0 Å². The summed E-state index contributed by atoms with van der Waals surface area (Å²) in [5, 5.41) is 6.46. The molecule has 2 aliphatic rings. The summed E-state index contributed by atoms with van der Waals surface area (Å²) in [5.74, 6) is -0.390. The Morgan fingerprint density at radius 2 is 2.04 bits per heavy atom. The molecule has 1 N–H and O–H groups in total. The molecule has 4 nitrogen and oxygen atoms in total. The molecular weight excluding hydrogens is 383 g/mol. The summed E-state index contributed by atoms with van der Waals surface area (Å²) in [7, 11) is 1.50. The molecule has 1 saturated carbocycles. The molecule has 0 saturated heterocycles. The van der Waals surface area contributed by atoms with E-state index in [0.29, 0.717) is 5.69 Å². The third-order valence-corrected chi connectivity index (χ3v) is 5.57. The van der Waals surface area contributed by atoms with E-state index in [1.807, 2.05) is 12.1 Å². The summed E-state index contributed by atoms with van der Waals surface area (Å²) in [6.45, 7) is 0. The molecule has 1 heterocycles. The molecular formula is C18H15Cl2F2N3O. The SMILES string of the molecule is Cn1cc(C(=O)Nc2cccc3c2C2CCC3C2=C(Cl)Cl)c(C(F)F)n1. The Hall–Kier alpha value is -1.92. The summed E-state index contributed by atoms with van der Waals surface area (Å²) >= 11 is 12.2. The van der Waals surface area contributed by atoms with Gasteiger partial charge >= 0.3 is 0 Å². The average Bonchev–Trinajstić information content (AvgIpc) is 3.26. The van der Waals surface area contributed by atoms with Gasteiger partial charge in [-0.3, -0.25) is 9.48 Å². The van der Waals surface area contributed by atoms with Gasteiger partial charge in [-0.1, -0.05) is 35.3 Å². The molecule has 8 heteroatoms. The highest BCUT2D eigenvalue weighted by molar-refractivity contribution is 6.56. The number of hydrogen-bond donors (Lipinski definition) is 1. The fourth-order valence-electron chi connectivity index (χ4n) is 4.19. The van der Waals surface area contributed by atoms with Crippen molar-refractivity contribution in [2.75, 3.05) is 5.32 Å². The van der Waals surface area contributed by atoms with Crippen molar-refractivity contribution in [2.24, 2.45) is 7.05 Å². The van der Waals surface area contributed by atoms with E-state index in [9.17, 15) is 13.6 Å². The van der Waals surface area contributed by atoms with Crippen molar-refractivity contribution in [3.8, 4) is 0 Å². The van der Waals surface area contributed by atoms with Crippen LogP contribution in [0.25, 0.3) is 0 Å². The van der Waals surface area contributed by atoms with Gasteiger partial charge in [-0.05, 0) is 35.6 Å². The van der Waals surface area contributed by atoms with Gasteiger partial charge in [-0.25, -0.2) is 8.78 Å². The predicted molar refractivity (Wildman–Crippen MR) is 96.0 cm³/mol. The van der Waals surface area contributed by atoms with Crippen LogP contribution in [-0.4, -0.2) is 15.7 Å². The summed E-state index contributed by atoms with van der Waals surface area (Å²) in [4.78, 5) is 12.6. The standard InChI is InChI=1S/C18H15Cl2F2N3O/c1-25-7-11(15(24-25)17(21)22)18(26)23-12-4-2-3-8-9-5-6-10(13(8)12)14(9)16(19)20/h2-4,7,9-10,17H,5-6H2,1H3,(H,23,26). The number of amides is 1. The second-order valence-corrected chi connectivity index (χ2v) is 7.51. The highest BCUT2D eigenvalue weighted by Crippen LogP contribution is 2.60. The Balaban J connectivity index is 1.71. The minimum Gasteiger partial charge on any atom is -0.322 e. The van der Waals surface area contributed by atoms with E-state index < -0.39 is 18.0 Å². The zero-order valence-corrected chi connectivity index (χ0v) is 15.3. The lowest BCUT2D eigenvalue weighted by Crippen LogP contribution is -2.16. The lowest BCUT2D eigenvalue weighted by Gasteiger charge is -2.18. The van der Waals surface area contributed by atoms with E-state index in [1.165, 1.54) is 17.9 Å². The second-order valence-electron chi connectivity index (χ2n) is 6.56. The summed E-state index contributed by atoms with van der Waals surface area (Å²) in [5.41, 5.74) is 3.01. The number of anilines is 1. The van der Waals surface area contributed by atoms with Gasteiger partial charge in [0.05, 0.1) is 5.56 Å². The average molecular weight is 398 g/mol. The van der Waals surface area contributed by atoms with Crippen molar-refractivity contribution in [1.29, 1.82) is 0 Å².